The molecule has 0 amide bonds. The van der Waals surface area contributed by atoms with Crippen LogP contribution in [0.1, 0.15) is 27.6 Å². The summed E-state index contributed by atoms with van der Waals surface area (Å²) in [6.45, 7) is 2.06. The fraction of sp³-hybridized carbons (Fsp3) is 0.222. The highest BCUT2D eigenvalue weighted by molar-refractivity contribution is 5.90. The molecule has 0 saturated heterocycles. The molecule has 0 aliphatic rings. The maximum absolute atomic E-state index is 11.6. The molecule has 2 rings (SSSR count). The molecule has 0 N–H and O–H groups in total. The number of ether oxygens (including phenoxy) is 4. The minimum Gasteiger partial charge on any atom is -0.493 e. The van der Waals surface area contributed by atoms with Gasteiger partial charge in [-0.15, -0.1) is 0 Å². The lowest BCUT2D eigenvalue weighted by Crippen LogP contribution is -2.04. The monoisotopic (exact) mass is 330 g/mol. The molecule has 0 radical (unpaired) electrons. The molecule has 0 bridgehead atoms. The summed E-state index contributed by atoms with van der Waals surface area (Å²) < 4.78 is 20.6. The Hall–Kier alpha value is -3.02. The van der Waals surface area contributed by atoms with Crippen molar-refractivity contribution in [2.24, 2.45) is 0 Å². The number of hydrogen-bond acceptors (Lipinski definition) is 6. The van der Waals surface area contributed by atoms with E-state index in [0.717, 1.165) is 0 Å². The van der Waals surface area contributed by atoms with Gasteiger partial charge in [0.05, 0.1) is 32.0 Å². The van der Waals surface area contributed by atoms with E-state index in [1.165, 1.54) is 20.3 Å². The largest absolute Gasteiger partial charge is 0.493 e. The normalized spacial score (nSPS) is 9.96. The van der Waals surface area contributed by atoms with E-state index in [1.54, 1.807) is 43.3 Å². The highest BCUT2D eigenvalue weighted by Crippen LogP contribution is 2.32. The molecule has 0 aliphatic carbocycles. The molecular formula is C18H18O6. The van der Waals surface area contributed by atoms with Crippen molar-refractivity contribution >= 4 is 11.9 Å². The maximum atomic E-state index is 11.6. The topological polar surface area (TPSA) is 71.1 Å². The van der Waals surface area contributed by atoms with Gasteiger partial charge in [-0.2, -0.15) is 0 Å². The number of carbonyl (C=O) groups excluding carboxylic acids is 2. The summed E-state index contributed by atoms with van der Waals surface area (Å²) in [5.41, 5.74) is 0.774. The van der Waals surface area contributed by atoms with Gasteiger partial charge in [0.2, 0.25) is 0 Å². The van der Waals surface area contributed by atoms with Crippen molar-refractivity contribution in [1.82, 2.24) is 0 Å². The molecule has 2 aromatic rings. The summed E-state index contributed by atoms with van der Waals surface area (Å²) in [4.78, 5) is 23.3. The van der Waals surface area contributed by atoms with Crippen LogP contribution in [0, 0.1) is 0 Å². The van der Waals surface area contributed by atoms with Crippen LogP contribution < -0.4 is 9.47 Å². The first-order valence-electron chi connectivity index (χ1n) is 7.30. The molecule has 2 aromatic carbocycles. The molecule has 0 unspecified atom stereocenters. The van der Waals surface area contributed by atoms with Crippen molar-refractivity contribution in [2.75, 3.05) is 20.8 Å². The summed E-state index contributed by atoms with van der Waals surface area (Å²) in [6.07, 6.45) is 0. The molecule has 0 saturated carbocycles. The molecule has 0 atom stereocenters. The fourth-order valence-electron chi connectivity index (χ4n) is 2.00. The second-order valence-corrected chi connectivity index (χ2v) is 4.70. The van der Waals surface area contributed by atoms with Gasteiger partial charge in [0.25, 0.3) is 0 Å². The van der Waals surface area contributed by atoms with Gasteiger partial charge in [0.1, 0.15) is 5.75 Å². The lowest BCUT2D eigenvalue weighted by molar-refractivity contribution is 0.0525. The number of hydrogen-bond donors (Lipinski definition) is 0. The van der Waals surface area contributed by atoms with Crippen LogP contribution in [0.25, 0.3) is 0 Å². The Balaban J connectivity index is 2.23. The third kappa shape index (κ3) is 4.04. The van der Waals surface area contributed by atoms with E-state index >= 15 is 0 Å². The van der Waals surface area contributed by atoms with Crippen molar-refractivity contribution in [2.45, 2.75) is 6.92 Å². The predicted molar refractivity (Wildman–Crippen MR) is 86.8 cm³/mol. The van der Waals surface area contributed by atoms with Gasteiger partial charge in [-0.1, -0.05) is 0 Å². The fourth-order valence-corrected chi connectivity index (χ4v) is 2.00. The van der Waals surface area contributed by atoms with Crippen LogP contribution in [0.5, 0.6) is 17.2 Å². The summed E-state index contributed by atoms with van der Waals surface area (Å²) >= 11 is 0. The molecule has 24 heavy (non-hydrogen) atoms. The standard InChI is InChI=1S/C18H18O6/c1-4-23-18(20)12-5-8-14(9-6-12)24-16-11-13(17(19)22-3)7-10-15(16)21-2/h5-11H,4H2,1-3H3. The summed E-state index contributed by atoms with van der Waals surface area (Å²) in [5.74, 6) is 0.458. The third-order valence-electron chi connectivity index (χ3n) is 3.18. The summed E-state index contributed by atoms with van der Waals surface area (Å²) in [7, 11) is 2.81. The number of rotatable bonds is 6. The van der Waals surface area contributed by atoms with Crippen LogP contribution in [-0.2, 0) is 9.47 Å². The highest BCUT2D eigenvalue weighted by atomic mass is 16.5. The van der Waals surface area contributed by atoms with E-state index in [2.05, 4.69) is 0 Å². The first-order chi connectivity index (χ1) is 11.6. The molecule has 6 nitrogen and oxygen atoms in total. The zero-order valence-electron chi connectivity index (χ0n) is 13.7. The number of methoxy groups -OCH3 is 2. The lowest BCUT2D eigenvalue weighted by Gasteiger charge is -2.12. The Morgan fingerprint density at radius 1 is 0.875 bits per heavy atom. The van der Waals surface area contributed by atoms with Crippen LogP contribution in [0.2, 0.25) is 0 Å². The quantitative estimate of drug-likeness (QED) is 0.756. The van der Waals surface area contributed by atoms with E-state index < -0.39 is 11.9 Å². The van der Waals surface area contributed by atoms with Gasteiger partial charge in [0.15, 0.2) is 11.5 Å². The molecule has 6 heteroatoms. The Kier molecular flexibility index (Phi) is 5.78. The van der Waals surface area contributed by atoms with E-state index in [0.29, 0.717) is 35.0 Å². The first kappa shape index (κ1) is 17.3. The minimum absolute atomic E-state index is 0.314. The van der Waals surface area contributed by atoms with Crippen molar-refractivity contribution < 1.29 is 28.5 Å². The second kappa shape index (κ2) is 8.01. The van der Waals surface area contributed by atoms with Gasteiger partial charge in [-0.25, -0.2) is 9.59 Å². The number of benzene rings is 2. The molecule has 0 aromatic heterocycles. The second-order valence-electron chi connectivity index (χ2n) is 4.70. The van der Waals surface area contributed by atoms with Crippen LogP contribution in [0.15, 0.2) is 42.5 Å². The zero-order chi connectivity index (χ0) is 17.5. The van der Waals surface area contributed by atoms with Gasteiger partial charge < -0.3 is 18.9 Å². The van der Waals surface area contributed by atoms with Gasteiger partial charge in [-0.3, -0.25) is 0 Å². The summed E-state index contributed by atoms with van der Waals surface area (Å²) in [6, 6.07) is 11.2. The van der Waals surface area contributed by atoms with E-state index in [1.807, 2.05) is 0 Å². The van der Waals surface area contributed by atoms with Crippen LogP contribution >= 0.6 is 0 Å². The Morgan fingerprint density at radius 3 is 2.12 bits per heavy atom. The van der Waals surface area contributed by atoms with E-state index in [4.69, 9.17) is 18.9 Å². The SMILES string of the molecule is CCOC(=O)c1ccc(Oc2cc(C(=O)OC)ccc2OC)cc1. The molecular weight excluding hydrogens is 312 g/mol. The maximum Gasteiger partial charge on any atom is 0.338 e. The van der Waals surface area contributed by atoms with Crippen LogP contribution in [-0.4, -0.2) is 32.8 Å². The third-order valence-corrected chi connectivity index (χ3v) is 3.18. The molecule has 0 aliphatic heterocycles. The van der Waals surface area contributed by atoms with Gasteiger partial charge in [0, 0.05) is 0 Å². The zero-order valence-corrected chi connectivity index (χ0v) is 13.7. The van der Waals surface area contributed by atoms with E-state index in [9.17, 15) is 9.59 Å². The molecule has 0 heterocycles. The van der Waals surface area contributed by atoms with Crippen LogP contribution in [0.3, 0.4) is 0 Å². The number of esters is 2. The average Bonchev–Trinajstić information content (AvgIpc) is 2.61. The first-order valence-corrected chi connectivity index (χ1v) is 7.30. The average molecular weight is 330 g/mol. The van der Waals surface area contributed by atoms with E-state index in [-0.39, 0.29) is 0 Å². The Bertz CT molecular complexity index is 721. The highest BCUT2D eigenvalue weighted by Gasteiger charge is 2.13. The number of carbonyl (C=O) groups is 2. The van der Waals surface area contributed by atoms with Gasteiger partial charge in [-0.05, 0) is 49.4 Å². The summed E-state index contributed by atoms with van der Waals surface area (Å²) in [5, 5.41) is 0. The molecule has 126 valence electrons. The Morgan fingerprint density at radius 2 is 1.54 bits per heavy atom. The smallest absolute Gasteiger partial charge is 0.338 e. The molecule has 0 fully saturated rings. The van der Waals surface area contributed by atoms with Crippen LogP contribution in [0.4, 0.5) is 0 Å². The predicted octanol–water partition coefficient (Wildman–Crippen LogP) is 3.45. The van der Waals surface area contributed by atoms with Crippen molar-refractivity contribution in [3.05, 3.63) is 53.6 Å². The van der Waals surface area contributed by atoms with Crippen molar-refractivity contribution in [3.63, 3.8) is 0 Å². The molecule has 0 spiro atoms. The van der Waals surface area contributed by atoms with Crippen molar-refractivity contribution in [3.8, 4) is 17.2 Å². The minimum atomic E-state index is -0.472. The van der Waals surface area contributed by atoms with Gasteiger partial charge >= 0.3 is 11.9 Å². The van der Waals surface area contributed by atoms with Crippen molar-refractivity contribution in [1.29, 1.82) is 0 Å². The lowest BCUT2D eigenvalue weighted by atomic mass is 10.2. The Labute approximate surface area is 139 Å².